The Labute approximate surface area is 181 Å². The largest absolute Gasteiger partial charge is 0.494 e. The van der Waals surface area contributed by atoms with Crippen molar-refractivity contribution in [3.63, 3.8) is 0 Å². The second-order valence-electron chi connectivity index (χ2n) is 7.63. The fraction of sp³-hybridized carbons (Fsp3) is 0.682. The van der Waals surface area contributed by atoms with Gasteiger partial charge in [-0.25, -0.2) is 0 Å². The Hall–Kier alpha value is -1.31. The van der Waals surface area contributed by atoms with Gasteiger partial charge in [-0.05, 0) is 35.7 Å². The van der Waals surface area contributed by atoms with Gasteiger partial charge in [-0.1, -0.05) is 45.1 Å². The van der Waals surface area contributed by atoms with Crippen molar-refractivity contribution in [3.8, 4) is 5.75 Å². The molecular weight excluding hydrogens is 419 g/mol. The molecule has 0 N–H and O–H groups in total. The molecule has 1 aliphatic rings. The van der Waals surface area contributed by atoms with Gasteiger partial charge in [0, 0.05) is 26.1 Å². The zero-order valence-electron chi connectivity index (χ0n) is 17.5. The highest BCUT2D eigenvalue weighted by atomic mass is 35.5. The lowest BCUT2D eigenvalue weighted by Gasteiger charge is -2.34. The molecule has 0 amide bonds. The number of hydrogen-bond donors (Lipinski definition) is 0. The molecule has 1 heterocycles. The van der Waals surface area contributed by atoms with Crippen LogP contribution in [0.4, 0.5) is 13.2 Å². The van der Waals surface area contributed by atoms with Crippen molar-refractivity contribution < 1.29 is 27.4 Å². The van der Waals surface area contributed by atoms with Crippen LogP contribution in [0.15, 0.2) is 18.2 Å². The summed E-state index contributed by atoms with van der Waals surface area (Å²) >= 11 is 5.38. The fourth-order valence-electron chi connectivity index (χ4n) is 3.56. The van der Waals surface area contributed by atoms with Crippen LogP contribution in [0.3, 0.4) is 0 Å². The third-order valence-corrected chi connectivity index (χ3v) is 5.41. The second-order valence-corrected chi connectivity index (χ2v) is 8.05. The molecule has 2 rings (SSSR count). The first-order chi connectivity index (χ1) is 14.3. The van der Waals surface area contributed by atoms with Crippen molar-refractivity contribution in [2.24, 2.45) is 0 Å². The summed E-state index contributed by atoms with van der Waals surface area (Å²) in [5.41, 5.74) is -0.639. The molecular formula is C22H31ClF3NO3. The van der Waals surface area contributed by atoms with Gasteiger partial charge in [0.2, 0.25) is 5.24 Å². The fourth-order valence-corrected chi connectivity index (χ4v) is 3.65. The number of benzene rings is 1. The minimum Gasteiger partial charge on any atom is -0.494 e. The average Bonchev–Trinajstić information content (AvgIpc) is 2.71. The molecule has 1 unspecified atom stereocenters. The van der Waals surface area contributed by atoms with Gasteiger partial charge in [0.15, 0.2) is 0 Å². The Bertz CT molecular complexity index is 670. The standard InChI is InChI=1S/C22H31ClF3NO3/c1-2-3-4-5-6-7-13-29-17-8-9-18(19(15-17)22(24,25)26)20-16-27(12-14-30-20)11-10-21(23)28/h8-9,15,20H,2-7,10-14,16H2,1H3. The van der Waals surface area contributed by atoms with E-state index in [4.69, 9.17) is 21.1 Å². The maximum atomic E-state index is 13.7. The van der Waals surface area contributed by atoms with Crippen LogP contribution in [0.5, 0.6) is 5.75 Å². The van der Waals surface area contributed by atoms with E-state index in [1.165, 1.54) is 25.3 Å². The predicted molar refractivity (Wildman–Crippen MR) is 111 cm³/mol. The number of carbonyl (C=O) groups is 1. The van der Waals surface area contributed by atoms with E-state index in [9.17, 15) is 18.0 Å². The summed E-state index contributed by atoms with van der Waals surface area (Å²) in [7, 11) is 0. The van der Waals surface area contributed by atoms with Gasteiger partial charge >= 0.3 is 6.18 Å². The Morgan fingerprint density at radius 2 is 1.97 bits per heavy atom. The van der Waals surface area contributed by atoms with Crippen molar-refractivity contribution >= 4 is 16.8 Å². The minimum absolute atomic E-state index is 0.0938. The number of alkyl halides is 3. The SMILES string of the molecule is CCCCCCCCOc1ccc(C2CN(CCC(=O)Cl)CCO2)c(C(F)(F)F)c1. The van der Waals surface area contributed by atoms with E-state index in [0.717, 1.165) is 25.3 Å². The lowest BCUT2D eigenvalue weighted by atomic mass is 10.00. The molecule has 0 saturated carbocycles. The molecule has 0 radical (unpaired) electrons. The van der Waals surface area contributed by atoms with Crippen LogP contribution in [-0.4, -0.2) is 43.0 Å². The summed E-state index contributed by atoms with van der Waals surface area (Å²) in [6.07, 6.45) is 1.46. The van der Waals surface area contributed by atoms with E-state index in [1.54, 1.807) is 6.07 Å². The number of nitrogens with zero attached hydrogens (tertiary/aromatic N) is 1. The number of halogens is 4. The molecule has 4 nitrogen and oxygen atoms in total. The van der Waals surface area contributed by atoms with Gasteiger partial charge in [0.1, 0.15) is 5.75 Å². The van der Waals surface area contributed by atoms with Crippen LogP contribution in [0.1, 0.15) is 69.1 Å². The van der Waals surface area contributed by atoms with E-state index in [1.807, 2.05) is 4.90 Å². The predicted octanol–water partition coefficient (Wildman–Crippen LogP) is 5.97. The van der Waals surface area contributed by atoms with Crippen molar-refractivity contribution in [3.05, 3.63) is 29.3 Å². The molecule has 30 heavy (non-hydrogen) atoms. The lowest BCUT2D eigenvalue weighted by molar-refractivity contribution is -0.140. The first-order valence-corrected chi connectivity index (χ1v) is 11.0. The van der Waals surface area contributed by atoms with Crippen molar-refractivity contribution in [1.82, 2.24) is 4.90 Å². The third kappa shape index (κ3) is 8.44. The van der Waals surface area contributed by atoms with Crippen LogP contribution in [0.25, 0.3) is 0 Å². The zero-order valence-corrected chi connectivity index (χ0v) is 18.2. The highest BCUT2D eigenvalue weighted by molar-refractivity contribution is 6.63. The van der Waals surface area contributed by atoms with E-state index in [0.29, 0.717) is 26.3 Å². The molecule has 1 aliphatic heterocycles. The Morgan fingerprint density at radius 1 is 1.23 bits per heavy atom. The Balaban J connectivity index is 1.99. The average molecular weight is 450 g/mol. The molecule has 0 aromatic heterocycles. The molecule has 0 bridgehead atoms. The van der Waals surface area contributed by atoms with Gasteiger partial charge in [-0.2, -0.15) is 13.2 Å². The summed E-state index contributed by atoms with van der Waals surface area (Å²) in [5, 5.41) is -0.458. The van der Waals surface area contributed by atoms with E-state index < -0.39 is 23.1 Å². The summed E-state index contributed by atoms with van der Waals surface area (Å²) in [5.74, 6) is 0.222. The molecule has 1 atom stereocenters. The first-order valence-electron chi connectivity index (χ1n) is 10.7. The maximum Gasteiger partial charge on any atom is 0.416 e. The lowest BCUT2D eigenvalue weighted by Crippen LogP contribution is -2.39. The number of hydrogen-bond acceptors (Lipinski definition) is 4. The Kier molecular flexibility index (Phi) is 10.4. The normalized spacial score (nSPS) is 17.8. The highest BCUT2D eigenvalue weighted by Crippen LogP contribution is 2.38. The topological polar surface area (TPSA) is 38.8 Å². The Morgan fingerprint density at radius 3 is 2.67 bits per heavy atom. The van der Waals surface area contributed by atoms with E-state index in [2.05, 4.69) is 6.92 Å². The van der Waals surface area contributed by atoms with Crippen LogP contribution in [0, 0.1) is 0 Å². The summed E-state index contributed by atoms with van der Waals surface area (Å²) < 4.78 is 52.3. The molecule has 170 valence electrons. The maximum absolute atomic E-state index is 13.7. The number of rotatable bonds is 12. The van der Waals surface area contributed by atoms with Gasteiger partial charge in [-0.3, -0.25) is 9.69 Å². The smallest absolute Gasteiger partial charge is 0.416 e. The second kappa shape index (κ2) is 12.5. The molecule has 1 saturated heterocycles. The van der Waals surface area contributed by atoms with Crippen LogP contribution >= 0.6 is 11.6 Å². The number of morpholine rings is 1. The van der Waals surface area contributed by atoms with Crippen molar-refractivity contribution in [2.45, 2.75) is 64.1 Å². The molecule has 8 heteroatoms. The number of carbonyl (C=O) groups excluding carboxylic acids is 1. The van der Waals surface area contributed by atoms with Crippen molar-refractivity contribution in [2.75, 3.05) is 32.8 Å². The number of unbranched alkanes of at least 4 members (excludes halogenated alkanes) is 5. The quantitative estimate of drug-likeness (QED) is 0.291. The van der Waals surface area contributed by atoms with Crippen molar-refractivity contribution in [1.29, 1.82) is 0 Å². The first kappa shape index (κ1) is 25.0. The molecule has 0 spiro atoms. The zero-order chi connectivity index (χ0) is 22.0. The van der Waals surface area contributed by atoms with Crippen LogP contribution in [0.2, 0.25) is 0 Å². The van der Waals surface area contributed by atoms with Gasteiger partial charge < -0.3 is 9.47 Å². The van der Waals surface area contributed by atoms with Gasteiger partial charge in [0.05, 0.1) is 24.9 Å². The monoisotopic (exact) mass is 449 g/mol. The minimum atomic E-state index is -4.51. The molecule has 1 fully saturated rings. The van der Waals surface area contributed by atoms with Gasteiger partial charge in [-0.15, -0.1) is 0 Å². The van der Waals surface area contributed by atoms with E-state index >= 15 is 0 Å². The van der Waals surface area contributed by atoms with E-state index in [-0.39, 0.29) is 24.3 Å². The summed E-state index contributed by atoms with van der Waals surface area (Å²) in [6.45, 7) is 4.11. The van der Waals surface area contributed by atoms with Crippen LogP contribution in [-0.2, 0) is 15.7 Å². The molecule has 1 aromatic carbocycles. The van der Waals surface area contributed by atoms with Crippen LogP contribution < -0.4 is 4.74 Å². The third-order valence-electron chi connectivity index (χ3n) is 5.22. The highest BCUT2D eigenvalue weighted by Gasteiger charge is 2.37. The number of ether oxygens (including phenoxy) is 2. The molecule has 0 aliphatic carbocycles. The van der Waals surface area contributed by atoms with Gasteiger partial charge in [0.25, 0.3) is 0 Å². The summed E-state index contributed by atoms with van der Waals surface area (Å²) in [4.78, 5) is 12.9. The molecule has 1 aromatic rings. The summed E-state index contributed by atoms with van der Waals surface area (Å²) in [6, 6.07) is 4.09.